The molecule has 4 rings (SSSR count). The lowest BCUT2D eigenvalue weighted by atomic mass is 10.1. The average Bonchev–Trinajstić information content (AvgIpc) is 3.27. The first-order valence-corrected chi connectivity index (χ1v) is 23.3. The number of aromatic nitrogens is 1. The maximum atomic E-state index is 12.3. The number of hydrogen-bond donors (Lipinski definition) is 6. The quantitative estimate of drug-likeness (QED) is 0.0336. The van der Waals surface area contributed by atoms with Gasteiger partial charge in [-0.1, -0.05) is 76.2 Å². The van der Waals surface area contributed by atoms with E-state index in [0.29, 0.717) is 52.1 Å². The second-order valence-corrected chi connectivity index (χ2v) is 16.9. The summed E-state index contributed by atoms with van der Waals surface area (Å²) in [5, 5.41) is 43.1. The second-order valence-electron chi connectivity index (χ2n) is 14.2. The Kier molecular flexibility index (Phi) is 23.1. The molecule has 0 unspecified atom stereocenters. The fraction of sp³-hybridized carbons (Fsp3) is 0.413. The molecule has 0 atom stereocenters. The van der Waals surface area contributed by atoms with Crippen molar-refractivity contribution in [2.24, 2.45) is 0 Å². The normalized spacial score (nSPS) is 12.6. The van der Waals surface area contributed by atoms with E-state index < -0.39 is 0 Å². The standard InChI is InChI=1S/C46H62N6O6S2/c53-33-29-51(30-34-54)43-13-9-39(10-14-43)5-7-41-17-25-49(26-18-41)23-1-3-45(57)47-21-37-59-60-38-22-48-46(58)4-2-24-50-27-19-42(20-28-50)8-6-40-11-15-44(16-12-40)52(31-35-55)32-36-56/h5-20,25-27,53-56H,1-4,21-24,28-38H2,(H-,47,48,57,58)/p+1/b8-6+. The van der Waals surface area contributed by atoms with Crippen molar-refractivity contribution in [3.63, 3.8) is 0 Å². The summed E-state index contributed by atoms with van der Waals surface area (Å²) in [4.78, 5) is 30.8. The molecule has 1 aliphatic heterocycles. The smallest absolute Gasteiger partial charge is 0.220 e. The lowest BCUT2D eigenvalue weighted by molar-refractivity contribution is -0.697. The Morgan fingerprint density at radius 3 is 1.58 bits per heavy atom. The van der Waals surface area contributed by atoms with Gasteiger partial charge in [0.2, 0.25) is 11.8 Å². The van der Waals surface area contributed by atoms with Crippen LogP contribution >= 0.6 is 21.6 Å². The van der Waals surface area contributed by atoms with E-state index >= 15 is 0 Å². The molecule has 2 heterocycles. The Labute approximate surface area is 363 Å². The van der Waals surface area contributed by atoms with Crippen molar-refractivity contribution >= 4 is 63.0 Å². The van der Waals surface area contributed by atoms with Gasteiger partial charge < -0.3 is 45.8 Å². The van der Waals surface area contributed by atoms with Gasteiger partial charge in [0, 0.05) is 107 Å². The molecule has 14 heteroatoms. The molecule has 0 radical (unpaired) electrons. The van der Waals surface area contributed by atoms with E-state index in [1.807, 2.05) is 70.7 Å². The van der Waals surface area contributed by atoms with Crippen molar-refractivity contribution in [1.82, 2.24) is 15.5 Å². The van der Waals surface area contributed by atoms with Crippen LogP contribution in [0, 0.1) is 0 Å². The molecule has 0 fully saturated rings. The highest BCUT2D eigenvalue weighted by Gasteiger charge is 2.09. The molecule has 1 aromatic heterocycles. The fourth-order valence-electron chi connectivity index (χ4n) is 6.39. The van der Waals surface area contributed by atoms with Crippen LogP contribution in [-0.4, -0.2) is 127 Å². The highest BCUT2D eigenvalue weighted by Crippen LogP contribution is 2.20. The maximum Gasteiger partial charge on any atom is 0.220 e. The number of rotatable bonds is 29. The minimum Gasteiger partial charge on any atom is -0.395 e. The number of carbonyl (C=O) groups excluding carboxylic acids is 2. The monoisotopic (exact) mass is 859 g/mol. The third-order valence-corrected chi connectivity index (χ3v) is 12.1. The summed E-state index contributed by atoms with van der Waals surface area (Å²) in [5.41, 5.74) is 6.29. The number of aliphatic hydroxyl groups excluding tert-OH is 4. The SMILES string of the molecule is O=C(CCCN1C=CC(/C=C/c2ccc(N(CCO)CCO)cc2)=CC1)NCCSSCCNC(=O)CCC[n+]1ccc(/C=C/c2ccc(N(CCO)CCO)cc2)cc1. The first-order chi connectivity index (χ1) is 29.4. The first kappa shape index (κ1) is 48.1. The minimum absolute atomic E-state index is 0.0377. The predicted octanol–water partition coefficient (Wildman–Crippen LogP) is 4.37. The molecule has 0 saturated carbocycles. The molecule has 60 heavy (non-hydrogen) atoms. The Bertz CT molecular complexity index is 1790. The highest BCUT2D eigenvalue weighted by atomic mass is 33.1. The van der Waals surface area contributed by atoms with Gasteiger partial charge in [-0.3, -0.25) is 9.59 Å². The van der Waals surface area contributed by atoms with Gasteiger partial charge >= 0.3 is 0 Å². The summed E-state index contributed by atoms with van der Waals surface area (Å²) in [6, 6.07) is 20.2. The lowest BCUT2D eigenvalue weighted by Gasteiger charge is -2.23. The summed E-state index contributed by atoms with van der Waals surface area (Å²) < 4.78 is 2.08. The van der Waals surface area contributed by atoms with Crippen LogP contribution in [0.3, 0.4) is 0 Å². The molecule has 12 nitrogen and oxygen atoms in total. The van der Waals surface area contributed by atoms with E-state index in [9.17, 15) is 30.0 Å². The molecule has 0 bridgehead atoms. The number of benzene rings is 2. The van der Waals surface area contributed by atoms with Crippen molar-refractivity contribution in [1.29, 1.82) is 0 Å². The summed E-state index contributed by atoms with van der Waals surface area (Å²) in [7, 11) is 3.40. The number of hydrogen-bond acceptors (Lipinski definition) is 11. The Morgan fingerprint density at radius 1 is 0.650 bits per heavy atom. The third-order valence-electron chi connectivity index (χ3n) is 9.66. The molecule has 0 aliphatic carbocycles. The first-order valence-electron chi connectivity index (χ1n) is 20.8. The number of anilines is 2. The van der Waals surface area contributed by atoms with Crippen LogP contribution < -0.4 is 25.0 Å². The van der Waals surface area contributed by atoms with E-state index in [1.165, 1.54) is 0 Å². The number of amides is 2. The van der Waals surface area contributed by atoms with Crippen LogP contribution in [0.5, 0.6) is 0 Å². The predicted molar refractivity (Wildman–Crippen MR) is 248 cm³/mol. The molecule has 6 N–H and O–H groups in total. The topological polar surface area (TPSA) is 153 Å². The number of carbonyl (C=O) groups is 2. The summed E-state index contributed by atoms with van der Waals surface area (Å²) in [6.07, 6.45) is 21.2. The van der Waals surface area contributed by atoms with Gasteiger partial charge in [-0.2, -0.15) is 0 Å². The molecular weight excluding hydrogens is 797 g/mol. The molecule has 2 aromatic carbocycles. The van der Waals surface area contributed by atoms with E-state index in [1.54, 1.807) is 21.6 Å². The second kappa shape index (κ2) is 28.8. The number of aryl methyl sites for hydroxylation is 1. The van der Waals surface area contributed by atoms with Crippen LogP contribution in [0.25, 0.3) is 18.2 Å². The van der Waals surface area contributed by atoms with E-state index in [-0.39, 0.29) is 38.2 Å². The molecule has 0 saturated heterocycles. The van der Waals surface area contributed by atoms with Gasteiger partial charge in [-0.25, -0.2) is 4.57 Å². The van der Waals surface area contributed by atoms with E-state index in [4.69, 9.17) is 0 Å². The Hall–Kier alpha value is -4.57. The Morgan fingerprint density at radius 2 is 1.12 bits per heavy atom. The number of allylic oxidation sites excluding steroid dienone is 3. The van der Waals surface area contributed by atoms with Crippen LogP contribution in [-0.2, 0) is 16.1 Å². The molecule has 0 spiro atoms. The zero-order valence-corrected chi connectivity index (χ0v) is 36.2. The van der Waals surface area contributed by atoms with Gasteiger partial charge in [-0.15, -0.1) is 0 Å². The summed E-state index contributed by atoms with van der Waals surface area (Å²) in [6.45, 7) is 5.71. The third kappa shape index (κ3) is 18.8. The summed E-state index contributed by atoms with van der Waals surface area (Å²) >= 11 is 0. The minimum atomic E-state index is 0.0377. The van der Waals surface area contributed by atoms with E-state index in [0.717, 1.165) is 77.6 Å². The molecule has 1 aliphatic rings. The van der Waals surface area contributed by atoms with Crippen LogP contribution in [0.1, 0.15) is 42.4 Å². The average molecular weight is 860 g/mol. The zero-order chi connectivity index (χ0) is 42.6. The van der Waals surface area contributed by atoms with Crippen molar-refractivity contribution in [3.8, 4) is 0 Å². The molecule has 2 amide bonds. The van der Waals surface area contributed by atoms with Gasteiger partial charge in [0.05, 0.1) is 26.4 Å². The molecule has 3 aromatic rings. The maximum absolute atomic E-state index is 12.3. The van der Waals surface area contributed by atoms with Crippen molar-refractivity contribution in [2.75, 3.05) is 100 Å². The fourth-order valence-corrected chi connectivity index (χ4v) is 8.20. The van der Waals surface area contributed by atoms with Gasteiger partial charge in [-0.05, 0) is 65.2 Å². The Balaban J connectivity index is 0.968. The summed E-state index contributed by atoms with van der Waals surface area (Å²) in [5.74, 6) is 1.75. The lowest BCUT2D eigenvalue weighted by Crippen LogP contribution is -2.34. The van der Waals surface area contributed by atoms with Gasteiger partial charge in [0.15, 0.2) is 12.4 Å². The highest BCUT2D eigenvalue weighted by molar-refractivity contribution is 8.76. The van der Waals surface area contributed by atoms with Crippen LogP contribution in [0.15, 0.2) is 103 Å². The van der Waals surface area contributed by atoms with Gasteiger partial charge in [0.1, 0.15) is 6.54 Å². The van der Waals surface area contributed by atoms with Crippen LogP contribution in [0.2, 0.25) is 0 Å². The number of pyridine rings is 1. The van der Waals surface area contributed by atoms with Crippen molar-refractivity contribution in [2.45, 2.75) is 32.2 Å². The molecule has 324 valence electrons. The largest absolute Gasteiger partial charge is 0.395 e. The number of nitrogens with one attached hydrogen (secondary N) is 2. The van der Waals surface area contributed by atoms with Crippen molar-refractivity contribution in [3.05, 3.63) is 120 Å². The van der Waals surface area contributed by atoms with E-state index in [2.05, 4.69) is 74.9 Å². The van der Waals surface area contributed by atoms with Crippen molar-refractivity contribution < 1.29 is 34.6 Å². The molecular formula is C46H63N6O6S2+. The zero-order valence-electron chi connectivity index (χ0n) is 34.6. The van der Waals surface area contributed by atoms with Gasteiger partial charge in [0.25, 0.3) is 0 Å². The van der Waals surface area contributed by atoms with Crippen LogP contribution in [0.4, 0.5) is 11.4 Å². The number of aliphatic hydroxyl groups is 4. The number of nitrogens with zero attached hydrogens (tertiary/aromatic N) is 4.